The number of carbonyl (C=O) groups excluding carboxylic acids is 1. The highest BCUT2D eigenvalue weighted by Gasteiger charge is 2.16. The van der Waals surface area contributed by atoms with Crippen LogP contribution in [0.2, 0.25) is 0 Å². The van der Waals surface area contributed by atoms with E-state index in [9.17, 15) is 4.79 Å². The Kier molecular flexibility index (Phi) is 4.05. The molecule has 8 heteroatoms. The highest BCUT2D eigenvalue weighted by Crippen LogP contribution is 2.37. The Bertz CT molecular complexity index is 813. The first-order valence-corrected chi connectivity index (χ1v) is 6.75. The summed E-state index contributed by atoms with van der Waals surface area (Å²) in [5.41, 5.74) is 1.95. The summed E-state index contributed by atoms with van der Waals surface area (Å²) in [5, 5.41) is 0. The molecule has 0 bridgehead atoms. The Morgan fingerprint density at radius 2 is 2.17 bits per heavy atom. The molecule has 0 aliphatic carbocycles. The fourth-order valence-corrected chi connectivity index (χ4v) is 2.11. The third-order valence-electron chi connectivity index (χ3n) is 3.17. The molecule has 0 saturated carbocycles. The molecule has 1 aromatic carbocycles. The summed E-state index contributed by atoms with van der Waals surface area (Å²) in [7, 11) is 2.82. The number of carbonyl (C=O) groups is 1. The number of nitrogens with zero attached hydrogens (tertiary/aromatic N) is 3. The minimum atomic E-state index is -0.475. The maximum atomic E-state index is 11.2. The van der Waals surface area contributed by atoms with Gasteiger partial charge in [-0.1, -0.05) is 6.07 Å². The third-order valence-corrected chi connectivity index (χ3v) is 3.17. The van der Waals surface area contributed by atoms with Crippen LogP contribution in [-0.2, 0) is 9.53 Å². The van der Waals surface area contributed by atoms with Crippen LogP contribution < -0.4 is 9.47 Å². The van der Waals surface area contributed by atoms with Gasteiger partial charge in [-0.05, 0) is 12.1 Å². The Morgan fingerprint density at radius 3 is 2.91 bits per heavy atom. The molecule has 0 spiro atoms. The van der Waals surface area contributed by atoms with Gasteiger partial charge in [0.15, 0.2) is 23.8 Å². The van der Waals surface area contributed by atoms with Crippen LogP contribution in [0.4, 0.5) is 0 Å². The molecule has 23 heavy (non-hydrogen) atoms. The molecule has 8 nitrogen and oxygen atoms in total. The Labute approximate surface area is 131 Å². The van der Waals surface area contributed by atoms with Crippen molar-refractivity contribution in [1.82, 2.24) is 19.9 Å². The van der Waals surface area contributed by atoms with Crippen molar-refractivity contribution in [3.05, 3.63) is 30.7 Å². The van der Waals surface area contributed by atoms with Gasteiger partial charge in [0.2, 0.25) is 0 Å². The highest BCUT2D eigenvalue weighted by atomic mass is 16.6. The lowest BCUT2D eigenvalue weighted by Crippen LogP contribution is -2.13. The van der Waals surface area contributed by atoms with E-state index in [-0.39, 0.29) is 6.61 Å². The summed E-state index contributed by atoms with van der Waals surface area (Å²) in [6.07, 6.45) is 3.07. The molecule has 0 fully saturated rings. The second kappa shape index (κ2) is 6.30. The van der Waals surface area contributed by atoms with Crippen LogP contribution in [0.3, 0.4) is 0 Å². The number of para-hydroxylation sites is 1. The molecule has 0 aliphatic rings. The van der Waals surface area contributed by atoms with E-state index in [0.717, 1.165) is 0 Å². The van der Waals surface area contributed by atoms with Crippen molar-refractivity contribution in [3.63, 3.8) is 0 Å². The third kappa shape index (κ3) is 2.91. The van der Waals surface area contributed by atoms with E-state index in [1.165, 1.54) is 20.5 Å². The lowest BCUT2D eigenvalue weighted by atomic mass is 10.1. The van der Waals surface area contributed by atoms with Gasteiger partial charge < -0.3 is 19.2 Å². The van der Waals surface area contributed by atoms with Gasteiger partial charge in [-0.3, -0.25) is 0 Å². The first-order chi connectivity index (χ1) is 11.2. The number of rotatable bonds is 5. The maximum Gasteiger partial charge on any atom is 0.343 e. The number of nitrogens with one attached hydrogen (secondary N) is 1. The smallest absolute Gasteiger partial charge is 0.343 e. The van der Waals surface area contributed by atoms with E-state index in [4.69, 9.17) is 9.47 Å². The van der Waals surface area contributed by atoms with Gasteiger partial charge in [-0.15, -0.1) is 0 Å². The van der Waals surface area contributed by atoms with Crippen LogP contribution in [0.25, 0.3) is 22.6 Å². The molecular weight excluding hydrogens is 300 g/mol. The molecule has 3 aromatic rings. The SMILES string of the molecule is COC(=O)COc1cccc(-c2nc3ncncc3[nH]2)c1OC. The predicted octanol–water partition coefficient (Wildman–Crippen LogP) is 1.58. The molecule has 3 rings (SSSR count). The second-order valence-electron chi connectivity index (χ2n) is 4.55. The number of aromatic amines is 1. The van der Waals surface area contributed by atoms with E-state index in [0.29, 0.717) is 34.1 Å². The minimum Gasteiger partial charge on any atom is -0.492 e. The van der Waals surface area contributed by atoms with E-state index in [2.05, 4.69) is 24.7 Å². The monoisotopic (exact) mass is 314 g/mol. The zero-order chi connectivity index (χ0) is 16.2. The number of esters is 1. The van der Waals surface area contributed by atoms with Crippen molar-refractivity contribution in [2.24, 2.45) is 0 Å². The summed E-state index contributed by atoms with van der Waals surface area (Å²) < 4.78 is 15.4. The van der Waals surface area contributed by atoms with Crippen molar-refractivity contribution >= 4 is 17.1 Å². The number of methoxy groups -OCH3 is 2. The Morgan fingerprint density at radius 1 is 1.30 bits per heavy atom. The van der Waals surface area contributed by atoms with Crippen molar-refractivity contribution in [1.29, 1.82) is 0 Å². The topological polar surface area (TPSA) is 99.2 Å². The molecule has 0 saturated heterocycles. The standard InChI is InChI=1S/C15H14N4O4/c1-21-12(20)7-23-11-5-3-4-9(13(11)22-2)14-18-10-6-16-8-17-15(10)19-14/h3-6,8H,7H2,1-2H3,(H,16,17,18,19). The Hall–Kier alpha value is -3.16. The Balaban J connectivity index is 1.99. The van der Waals surface area contributed by atoms with Crippen molar-refractivity contribution in [2.75, 3.05) is 20.8 Å². The molecule has 0 radical (unpaired) electrons. The molecule has 2 heterocycles. The fourth-order valence-electron chi connectivity index (χ4n) is 2.11. The van der Waals surface area contributed by atoms with Crippen LogP contribution in [-0.4, -0.2) is 46.7 Å². The van der Waals surface area contributed by atoms with Crippen LogP contribution in [0.1, 0.15) is 0 Å². The van der Waals surface area contributed by atoms with Gasteiger partial charge in [0.1, 0.15) is 17.7 Å². The molecule has 1 N–H and O–H groups in total. The molecule has 2 aromatic heterocycles. The van der Waals surface area contributed by atoms with Crippen LogP contribution >= 0.6 is 0 Å². The zero-order valence-electron chi connectivity index (χ0n) is 12.6. The van der Waals surface area contributed by atoms with Gasteiger partial charge >= 0.3 is 5.97 Å². The minimum absolute atomic E-state index is 0.206. The highest BCUT2D eigenvalue weighted by molar-refractivity contribution is 5.78. The molecule has 0 aliphatic heterocycles. The van der Waals surface area contributed by atoms with Gasteiger partial charge in [-0.25, -0.2) is 19.7 Å². The number of aromatic nitrogens is 4. The number of fused-ring (bicyclic) bond motifs is 1. The summed E-state index contributed by atoms with van der Waals surface area (Å²) in [4.78, 5) is 26.8. The summed E-state index contributed by atoms with van der Waals surface area (Å²) in [6.45, 7) is -0.206. The van der Waals surface area contributed by atoms with E-state index < -0.39 is 5.97 Å². The molecule has 118 valence electrons. The summed E-state index contributed by atoms with van der Waals surface area (Å²) >= 11 is 0. The molecule has 0 amide bonds. The van der Waals surface area contributed by atoms with Crippen LogP contribution in [0.15, 0.2) is 30.7 Å². The van der Waals surface area contributed by atoms with E-state index >= 15 is 0 Å². The van der Waals surface area contributed by atoms with E-state index in [1.807, 2.05) is 6.07 Å². The fraction of sp³-hybridized carbons (Fsp3) is 0.200. The van der Waals surface area contributed by atoms with Gasteiger partial charge in [0, 0.05) is 0 Å². The number of benzene rings is 1. The zero-order valence-corrected chi connectivity index (χ0v) is 12.6. The average molecular weight is 314 g/mol. The molecule has 0 unspecified atom stereocenters. The van der Waals surface area contributed by atoms with Crippen molar-refractivity contribution < 1.29 is 19.0 Å². The first-order valence-electron chi connectivity index (χ1n) is 6.75. The van der Waals surface area contributed by atoms with Gasteiger partial charge in [0.25, 0.3) is 0 Å². The first kappa shape index (κ1) is 14.8. The molecule has 0 atom stereocenters. The van der Waals surface area contributed by atoms with E-state index in [1.54, 1.807) is 18.3 Å². The van der Waals surface area contributed by atoms with Crippen molar-refractivity contribution in [2.45, 2.75) is 0 Å². The number of hydrogen-bond acceptors (Lipinski definition) is 7. The largest absolute Gasteiger partial charge is 0.492 e. The molecular formula is C15H14N4O4. The second-order valence-corrected chi connectivity index (χ2v) is 4.55. The summed E-state index contributed by atoms with van der Waals surface area (Å²) in [5.74, 6) is 0.975. The average Bonchev–Trinajstić information content (AvgIpc) is 3.03. The quantitative estimate of drug-likeness (QED) is 0.714. The lowest BCUT2D eigenvalue weighted by molar-refractivity contribution is -0.142. The maximum absolute atomic E-state index is 11.2. The number of hydrogen-bond donors (Lipinski definition) is 1. The number of imidazole rings is 1. The van der Waals surface area contributed by atoms with Crippen LogP contribution in [0, 0.1) is 0 Å². The lowest BCUT2D eigenvalue weighted by Gasteiger charge is -2.12. The predicted molar refractivity (Wildman–Crippen MR) is 81.2 cm³/mol. The summed E-state index contributed by atoms with van der Waals surface area (Å²) in [6, 6.07) is 5.31. The van der Waals surface area contributed by atoms with Crippen molar-refractivity contribution in [3.8, 4) is 22.9 Å². The van der Waals surface area contributed by atoms with Crippen LogP contribution in [0.5, 0.6) is 11.5 Å². The van der Waals surface area contributed by atoms with Gasteiger partial charge in [-0.2, -0.15) is 0 Å². The number of ether oxygens (including phenoxy) is 3. The normalized spacial score (nSPS) is 10.5. The number of H-pyrrole nitrogens is 1. The van der Waals surface area contributed by atoms with Gasteiger partial charge in [0.05, 0.1) is 26.0 Å².